The van der Waals surface area contributed by atoms with E-state index < -0.39 is 15.8 Å². The summed E-state index contributed by atoms with van der Waals surface area (Å²) in [6.07, 6.45) is 3.99. The molecule has 2 heterocycles. The molecule has 0 aromatic carbocycles. The summed E-state index contributed by atoms with van der Waals surface area (Å²) < 4.78 is 24.9. The highest BCUT2D eigenvalue weighted by atomic mass is 32.2. The van der Waals surface area contributed by atoms with Gasteiger partial charge in [-0.2, -0.15) is 5.10 Å². The highest BCUT2D eigenvalue weighted by Gasteiger charge is 2.33. The summed E-state index contributed by atoms with van der Waals surface area (Å²) >= 11 is 0. The van der Waals surface area contributed by atoms with Crippen molar-refractivity contribution in [1.82, 2.24) is 14.7 Å². The van der Waals surface area contributed by atoms with Crippen molar-refractivity contribution in [1.29, 1.82) is 0 Å². The minimum atomic E-state index is -2.90. The smallest absolute Gasteiger partial charge is 0.356 e. The van der Waals surface area contributed by atoms with E-state index in [0.29, 0.717) is 26.1 Å². The van der Waals surface area contributed by atoms with Crippen molar-refractivity contribution in [2.75, 3.05) is 24.6 Å². The molecule has 0 amide bonds. The standard InChI is InChI=1S/C15H21N3O4S/c1-2-5-18-13-4-3-11(10-12(13)14(16-18)15(19)20)17-6-8-23(21,22)9-7-17/h2,11H,1,3-10H2,(H,19,20)/t11-/m0/s1. The number of hydrogen-bond donors (Lipinski definition) is 1. The van der Waals surface area contributed by atoms with Crippen molar-refractivity contribution >= 4 is 15.8 Å². The molecule has 1 aromatic heterocycles. The quantitative estimate of drug-likeness (QED) is 0.796. The average molecular weight is 339 g/mol. The minimum absolute atomic E-state index is 0.121. The fourth-order valence-corrected chi connectivity index (χ4v) is 4.75. The zero-order valence-electron chi connectivity index (χ0n) is 12.9. The van der Waals surface area contributed by atoms with Crippen LogP contribution in [-0.4, -0.2) is 64.8 Å². The fourth-order valence-electron chi connectivity index (χ4n) is 3.52. The number of nitrogens with zero attached hydrogens (tertiary/aromatic N) is 3. The van der Waals surface area contributed by atoms with Gasteiger partial charge >= 0.3 is 5.97 Å². The molecular weight excluding hydrogens is 318 g/mol. The van der Waals surface area contributed by atoms with E-state index >= 15 is 0 Å². The van der Waals surface area contributed by atoms with Crippen molar-refractivity contribution in [3.8, 4) is 0 Å². The molecule has 0 unspecified atom stereocenters. The highest BCUT2D eigenvalue weighted by molar-refractivity contribution is 7.91. The van der Waals surface area contributed by atoms with Gasteiger partial charge in [0.1, 0.15) is 0 Å². The molecule has 1 aromatic rings. The molecule has 1 fully saturated rings. The molecule has 7 nitrogen and oxygen atoms in total. The lowest BCUT2D eigenvalue weighted by molar-refractivity contribution is 0.0687. The summed E-state index contributed by atoms with van der Waals surface area (Å²) in [6.45, 7) is 5.26. The second kappa shape index (κ2) is 6.09. The molecule has 1 aliphatic carbocycles. The Kier molecular flexibility index (Phi) is 4.29. The number of fused-ring (bicyclic) bond motifs is 1. The van der Waals surface area contributed by atoms with Crippen molar-refractivity contribution in [3.05, 3.63) is 29.6 Å². The molecule has 0 saturated carbocycles. The van der Waals surface area contributed by atoms with Crippen molar-refractivity contribution in [2.45, 2.75) is 31.8 Å². The largest absolute Gasteiger partial charge is 0.476 e. The lowest BCUT2D eigenvalue weighted by Crippen LogP contribution is -2.48. The lowest BCUT2D eigenvalue weighted by atomic mass is 9.90. The van der Waals surface area contributed by atoms with Gasteiger partial charge in [0, 0.05) is 30.4 Å². The predicted octanol–water partition coefficient (Wildman–Crippen LogP) is 0.355. The Balaban J connectivity index is 1.82. The van der Waals surface area contributed by atoms with E-state index in [9.17, 15) is 18.3 Å². The van der Waals surface area contributed by atoms with E-state index in [-0.39, 0.29) is 23.2 Å². The van der Waals surface area contributed by atoms with E-state index in [2.05, 4.69) is 16.6 Å². The van der Waals surface area contributed by atoms with Crippen LogP contribution in [0, 0.1) is 0 Å². The van der Waals surface area contributed by atoms with Crippen molar-refractivity contribution in [2.24, 2.45) is 0 Å². The van der Waals surface area contributed by atoms with Gasteiger partial charge in [-0.25, -0.2) is 13.2 Å². The Morgan fingerprint density at radius 1 is 1.39 bits per heavy atom. The second-order valence-electron chi connectivity index (χ2n) is 6.13. The van der Waals surface area contributed by atoms with Gasteiger partial charge in [0.05, 0.1) is 18.1 Å². The Morgan fingerprint density at radius 3 is 2.70 bits per heavy atom. The first-order valence-electron chi connectivity index (χ1n) is 7.78. The molecule has 8 heteroatoms. The second-order valence-corrected chi connectivity index (χ2v) is 8.44. The Labute approximate surface area is 135 Å². The first kappa shape index (κ1) is 16.2. The topological polar surface area (TPSA) is 92.5 Å². The zero-order valence-corrected chi connectivity index (χ0v) is 13.8. The SMILES string of the molecule is C=CCn1nc(C(=O)O)c2c1CC[C@H](N1CCS(=O)(=O)CC1)C2. The lowest BCUT2D eigenvalue weighted by Gasteiger charge is -2.36. The van der Waals surface area contributed by atoms with E-state index in [4.69, 9.17) is 0 Å². The number of sulfone groups is 1. The van der Waals surface area contributed by atoms with Crippen LogP contribution in [0.15, 0.2) is 12.7 Å². The fraction of sp³-hybridized carbons (Fsp3) is 0.600. The van der Waals surface area contributed by atoms with Crippen molar-refractivity contribution in [3.63, 3.8) is 0 Å². The number of aromatic carboxylic acids is 1. The third-order valence-corrected chi connectivity index (χ3v) is 6.33. The van der Waals surface area contributed by atoms with Gasteiger partial charge in [-0.3, -0.25) is 9.58 Å². The summed E-state index contributed by atoms with van der Waals surface area (Å²) in [7, 11) is -2.90. The zero-order chi connectivity index (χ0) is 16.6. The van der Waals surface area contributed by atoms with Gasteiger partial charge in [-0.15, -0.1) is 6.58 Å². The van der Waals surface area contributed by atoms with E-state index in [1.165, 1.54) is 0 Å². The van der Waals surface area contributed by atoms with Crippen LogP contribution in [0.3, 0.4) is 0 Å². The van der Waals surface area contributed by atoms with E-state index in [1.807, 2.05) is 0 Å². The molecule has 0 spiro atoms. The van der Waals surface area contributed by atoms with E-state index in [1.54, 1.807) is 10.8 Å². The van der Waals surface area contributed by atoms with Crippen LogP contribution in [0.5, 0.6) is 0 Å². The summed E-state index contributed by atoms with van der Waals surface area (Å²) in [5, 5.41) is 13.6. The molecule has 1 N–H and O–H groups in total. The first-order valence-corrected chi connectivity index (χ1v) is 9.60. The van der Waals surface area contributed by atoms with Crippen LogP contribution in [0.25, 0.3) is 0 Å². The van der Waals surface area contributed by atoms with Gasteiger partial charge < -0.3 is 5.11 Å². The van der Waals surface area contributed by atoms with Gasteiger partial charge in [0.25, 0.3) is 0 Å². The Bertz CT molecular complexity index is 724. The molecule has 1 aliphatic heterocycles. The molecule has 1 atom stereocenters. The van der Waals surface area contributed by atoms with Gasteiger partial charge in [-0.05, 0) is 19.3 Å². The number of carbonyl (C=O) groups is 1. The number of aromatic nitrogens is 2. The summed E-state index contributed by atoms with van der Waals surface area (Å²) in [5.41, 5.74) is 1.89. The third kappa shape index (κ3) is 3.18. The van der Waals surface area contributed by atoms with Crippen LogP contribution in [0.1, 0.15) is 28.2 Å². The van der Waals surface area contributed by atoms with E-state index in [0.717, 1.165) is 24.1 Å². The number of rotatable bonds is 4. The molecule has 23 heavy (non-hydrogen) atoms. The minimum Gasteiger partial charge on any atom is -0.476 e. The van der Waals surface area contributed by atoms with Crippen molar-refractivity contribution < 1.29 is 18.3 Å². The van der Waals surface area contributed by atoms with Crippen LogP contribution in [-0.2, 0) is 29.2 Å². The molecular formula is C15H21N3O4S. The molecule has 126 valence electrons. The van der Waals surface area contributed by atoms with Crippen LogP contribution >= 0.6 is 0 Å². The maximum atomic E-state index is 11.6. The van der Waals surface area contributed by atoms with Gasteiger partial charge in [-0.1, -0.05) is 6.08 Å². The van der Waals surface area contributed by atoms with Gasteiger partial charge in [0.15, 0.2) is 15.5 Å². The predicted molar refractivity (Wildman–Crippen MR) is 85.4 cm³/mol. The molecule has 3 rings (SSSR count). The molecule has 0 radical (unpaired) electrons. The van der Waals surface area contributed by atoms with Crippen LogP contribution < -0.4 is 0 Å². The highest BCUT2D eigenvalue weighted by Crippen LogP contribution is 2.28. The molecule has 0 bridgehead atoms. The normalized spacial score (nSPS) is 24.1. The van der Waals surface area contributed by atoms with Crippen LogP contribution in [0.4, 0.5) is 0 Å². The summed E-state index contributed by atoms with van der Waals surface area (Å²) in [4.78, 5) is 13.6. The third-order valence-electron chi connectivity index (χ3n) is 4.72. The Morgan fingerprint density at radius 2 is 2.09 bits per heavy atom. The molecule has 1 saturated heterocycles. The number of carboxylic acids is 1. The summed E-state index contributed by atoms with van der Waals surface area (Å²) in [5.74, 6) is -0.624. The number of hydrogen-bond acceptors (Lipinski definition) is 5. The Hall–Kier alpha value is -1.67. The molecule has 2 aliphatic rings. The summed E-state index contributed by atoms with van der Waals surface area (Å²) in [6, 6.07) is 0.192. The maximum Gasteiger partial charge on any atom is 0.356 e. The van der Waals surface area contributed by atoms with Gasteiger partial charge in [0.2, 0.25) is 0 Å². The average Bonchev–Trinajstić information content (AvgIpc) is 2.86. The van der Waals surface area contributed by atoms with Crippen LogP contribution in [0.2, 0.25) is 0 Å². The monoisotopic (exact) mass is 339 g/mol. The number of carboxylic acid groups (broad SMARTS) is 1. The number of allylic oxidation sites excluding steroid dienone is 1. The maximum absolute atomic E-state index is 11.6. The first-order chi connectivity index (χ1) is 10.9.